The molecule has 1 aromatic carbocycles. The Kier molecular flexibility index (Phi) is 10.4. The molecule has 7 heteroatoms. The van der Waals surface area contributed by atoms with E-state index in [1.807, 2.05) is 6.20 Å². The molecule has 6 nitrogen and oxygen atoms in total. The van der Waals surface area contributed by atoms with Gasteiger partial charge in [0, 0.05) is 38.9 Å². The fourth-order valence-electron chi connectivity index (χ4n) is 3.45. The Morgan fingerprint density at radius 3 is 2.70 bits per heavy atom. The first-order chi connectivity index (χ1) is 14.1. The van der Waals surface area contributed by atoms with Crippen molar-refractivity contribution >= 4 is 35.8 Å². The lowest BCUT2D eigenvalue weighted by atomic mass is 10.1. The van der Waals surface area contributed by atoms with E-state index in [2.05, 4.69) is 81.8 Å². The number of nitrogens with zero attached hydrogens (tertiary/aromatic N) is 3. The summed E-state index contributed by atoms with van der Waals surface area (Å²) in [5.74, 6) is 1.83. The van der Waals surface area contributed by atoms with E-state index in [1.165, 1.54) is 5.56 Å². The Morgan fingerprint density at radius 2 is 2.03 bits per heavy atom. The SMILES string of the molecule is CN=C(NCc1ccc(N2CCOC(C)C2)nc1)NC(C)CCc1ccccc1.I. The van der Waals surface area contributed by atoms with Gasteiger partial charge in [0.05, 0.1) is 12.7 Å². The van der Waals surface area contributed by atoms with Gasteiger partial charge in [-0.05, 0) is 43.9 Å². The van der Waals surface area contributed by atoms with Gasteiger partial charge in [-0.1, -0.05) is 36.4 Å². The number of pyridine rings is 1. The van der Waals surface area contributed by atoms with Gasteiger partial charge in [0.2, 0.25) is 0 Å². The van der Waals surface area contributed by atoms with Crippen LogP contribution in [0.2, 0.25) is 0 Å². The van der Waals surface area contributed by atoms with Crippen molar-refractivity contribution in [1.29, 1.82) is 0 Å². The van der Waals surface area contributed by atoms with Crippen LogP contribution in [-0.4, -0.2) is 49.8 Å². The molecule has 1 aromatic heterocycles. The number of hydrogen-bond donors (Lipinski definition) is 2. The maximum atomic E-state index is 5.60. The number of halogens is 1. The van der Waals surface area contributed by atoms with Crippen molar-refractivity contribution in [2.75, 3.05) is 31.6 Å². The van der Waals surface area contributed by atoms with Crippen LogP contribution in [-0.2, 0) is 17.7 Å². The monoisotopic (exact) mass is 523 g/mol. The van der Waals surface area contributed by atoms with Crippen LogP contribution >= 0.6 is 24.0 Å². The minimum Gasteiger partial charge on any atom is -0.375 e. The Hall–Kier alpha value is -1.87. The molecule has 0 amide bonds. The van der Waals surface area contributed by atoms with Gasteiger partial charge in [-0.2, -0.15) is 0 Å². The average molecular weight is 523 g/mol. The number of nitrogens with one attached hydrogen (secondary N) is 2. The predicted molar refractivity (Wildman–Crippen MR) is 135 cm³/mol. The van der Waals surface area contributed by atoms with E-state index >= 15 is 0 Å². The quantitative estimate of drug-likeness (QED) is 0.330. The Morgan fingerprint density at radius 1 is 1.23 bits per heavy atom. The van der Waals surface area contributed by atoms with E-state index in [4.69, 9.17) is 4.74 Å². The molecule has 1 fully saturated rings. The first-order valence-corrected chi connectivity index (χ1v) is 10.5. The molecule has 1 saturated heterocycles. The topological polar surface area (TPSA) is 61.8 Å². The number of guanidine groups is 1. The van der Waals surface area contributed by atoms with Crippen molar-refractivity contribution in [2.24, 2.45) is 4.99 Å². The van der Waals surface area contributed by atoms with E-state index in [9.17, 15) is 0 Å². The second-order valence-corrected chi connectivity index (χ2v) is 7.65. The van der Waals surface area contributed by atoms with Gasteiger partial charge < -0.3 is 20.3 Å². The van der Waals surface area contributed by atoms with Gasteiger partial charge >= 0.3 is 0 Å². The summed E-state index contributed by atoms with van der Waals surface area (Å²) in [5.41, 5.74) is 2.50. The molecular formula is C23H34IN5O. The molecule has 0 saturated carbocycles. The van der Waals surface area contributed by atoms with Gasteiger partial charge in [-0.25, -0.2) is 4.98 Å². The minimum atomic E-state index is 0. The molecule has 2 heterocycles. The maximum Gasteiger partial charge on any atom is 0.191 e. The van der Waals surface area contributed by atoms with Crippen molar-refractivity contribution < 1.29 is 4.74 Å². The standard InChI is InChI=1S/C23H33N5O.HI/c1-18(9-10-20-7-5-4-6-8-20)27-23(24-3)26-16-21-11-12-22(25-15-21)28-13-14-29-19(2)17-28;/h4-8,11-12,15,18-19H,9-10,13-14,16-17H2,1-3H3,(H2,24,26,27);1H. The number of rotatable bonds is 7. The summed E-state index contributed by atoms with van der Waals surface area (Å²) >= 11 is 0. The summed E-state index contributed by atoms with van der Waals surface area (Å²) in [6.07, 6.45) is 4.30. The molecule has 2 N–H and O–H groups in total. The lowest BCUT2D eigenvalue weighted by molar-refractivity contribution is 0.0529. The number of hydrogen-bond acceptors (Lipinski definition) is 4. The van der Waals surface area contributed by atoms with Crippen molar-refractivity contribution in [3.8, 4) is 0 Å². The molecule has 0 spiro atoms. The summed E-state index contributed by atoms with van der Waals surface area (Å²) in [7, 11) is 1.81. The summed E-state index contributed by atoms with van der Waals surface area (Å²) in [5, 5.41) is 6.86. The number of aromatic nitrogens is 1. The third-order valence-electron chi connectivity index (χ3n) is 5.15. The van der Waals surface area contributed by atoms with E-state index in [-0.39, 0.29) is 30.1 Å². The molecule has 0 aliphatic carbocycles. The van der Waals surface area contributed by atoms with Crippen LogP contribution in [0.5, 0.6) is 0 Å². The maximum absolute atomic E-state index is 5.60. The Labute approximate surface area is 197 Å². The van der Waals surface area contributed by atoms with E-state index < -0.39 is 0 Å². The van der Waals surface area contributed by atoms with Crippen LogP contribution in [0.15, 0.2) is 53.7 Å². The molecule has 1 aliphatic rings. The minimum absolute atomic E-state index is 0. The molecule has 2 aromatic rings. The third kappa shape index (κ3) is 7.75. The Bertz CT molecular complexity index is 769. The number of aliphatic imine (C=N–C) groups is 1. The first kappa shape index (κ1) is 24.4. The average Bonchev–Trinajstić information content (AvgIpc) is 2.76. The highest BCUT2D eigenvalue weighted by atomic mass is 127. The van der Waals surface area contributed by atoms with Crippen LogP contribution in [0.4, 0.5) is 5.82 Å². The fourth-order valence-corrected chi connectivity index (χ4v) is 3.45. The van der Waals surface area contributed by atoms with Gasteiger partial charge in [-0.15, -0.1) is 24.0 Å². The summed E-state index contributed by atoms with van der Waals surface area (Å²) in [4.78, 5) is 11.3. The second-order valence-electron chi connectivity index (χ2n) is 7.65. The second kappa shape index (κ2) is 12.7. The van der Waals surface area contributed by atoms with Gasteiger partial charge in [-0.3, -0.25) is 4.99 Å². The zero-order valence-corrected chi connectivity index (χ0v) is 20.5. The third-order valence-corrected chi connectivity index (χ3v) is 5.15. The molecule has 0 bridgehead atoms. The van der Waals surface area contributed by atoms with Gasteiger partial charge in [0.15, 0.2) is 5.96 Å². The number of anilines is 1. The summed E-state index contributed by atoms with van der Waals surface area (Å²) in [6, 6.07) is 15.1. The highest BCUT2D eigenvalue weighted by Crippen LogP contribution is 2.15. The lowest BCUT2D eigenvalue weighted by Crippen LogP contribution is -2.42. The molecule has 164 valence electrons. The first-order valence-electron chi connectivity index (χ1n) is 10.5. The van der Waals surface area contributed by atoms with Gasteiger partial charge in [0.1, 0.15) is 5.82 Å². The molecule has 1 aliphatic heterocycles. The molecule has 2 atom stereocenters. The van der Waals surface area contributed by atoms with Crippen LogP contribution in [0.3, 0.4) is 0 Å². The van der Waals surface area contributed by atoms with Crippen LogP contribution in [0.1, 0.15) is 31.4 Å². The van der Waals surface area contributed by atoms with E-state index in [0.29, 0.717) is 12.6 Å². The smallest absolute Gasteiger partial charge is 0.191 e. The molecule has 3 rings (SSSR count). The van der Waals surface area contributed by atoms with Crippen LogP contribution in [0.25, 0.3) is 0 Å². The highest BCUT2D eigenvalue weighted by molar-refractivity contribution is 14.0. The molecule has 0 radical (unpaired) electrons. The van der Waals surface area contributed by atoms with E-state index in [1.54, 1.807) is 7.05 Å². The van der Waals surface area contributed by atoms with Crippen LogP contribution < -0.4 is 15.5 Å². The summed E-state index contributed by atoms with van der Waals surface area (Å²) in [6.45, 7) is 7.53. The molecule has 30 heavy (non-hydrogen) atoms. The number of morpholine rings is 1. The number of benzene rings is 1. The highest BCUT2D eigenvalue weighted by Gasteiger charge is 2.17. The van der Waals surface area contributed by atoms with E-state index in [0.717, 1.165) is 49.9 Å². The fraction of sp³-hybridized carbons (Fsp3) is 0.478. The lowest BCUT2D eigenvalue weighted by Gasteiger charge is -2.32. The Balaban J connectivity index is 0.00000320. The van der Waals surface area contributed by atoms with Crippen LogP contribution in [0, 0.1) is 0 Å². The number of ether oxygens (including phenoxy) is 1. The predicted octanol–water partition coefficient (Wildman–Crippen LogP) is 3.61. The van der Waals surface area contributed by atoms with Crippen molar-refractivity contribution in [2.45, 2.75) is 45.4 Å². The largest absolute Gasteiger partial charge is 0.375 e. The summed E-state index contributed by atoms with van der Waals surface area (Å²) < 4.78 is 5.60. The van der Waals surface area contributed by atoms with Crippen molar-refractivity contribution in [3.05, 3.63) is 59.8 Å². The molecular weight excluding hydrogens is 489 g/mol. The number of aryl methyl sites for hydroxylation is 1. The van der Waals surface area contributed by atoms with Crippen molar-refractivity contribution in [1.82, 2.24) is 15.6 Å². The zero-order valence-electron chi connectivity index (χ0n) is 18.2. The normalized spacial score (nSPS) is 17.8. The zero-order chi connectivity index (χ0) is 20.5. The molecule has 2 unspecified atom stereocenters. The van der Waals surface area contributed by atoms with Crippen molar-refractivity contribution in [3.63, 3.8) is 0 Å². The van der Waals surface area contributed by atoms with Gasteiger partial charge in [0.25, 0.3) is 0 Å².